The van der Waals surface area contributed by atoms with Crippen molar-refractivity contribution < 1.29 is 14.6 Å². The summed E-state index contributed by atoms with van der Waals surface area (Å²) in [5.74, 6) is -0.663. The van der Waals surface area contributed by atoms with Crippen molar-refractivity contribution in [1.29, 1.82) is 0 Å². The Kier molecular flexibility index (Phi) is 2.94. The Morgan fingerprint density at radius 2 is 2.16 bits per heavy atom. The first-order valence-corrected chi connectivity index (χ1v) is 6.34. The molecule has 3 rings (SSSR count). The second-order valence-corrected chi connectivity index (χ2v) is 4.77. The van der Waals surface area contributed by atoms with Gasteiger partial charge in [-0.3, -0.25) is 0 Å². The molecule has 6 heteroatoms. The first-order chi connectivity index (χ1) is 9.16. The molecule has 0 saturated carbocycles. The van der Waals surface area contributed by atoms with Gasteiger partial charge in [0.2, 0.25) is 0 Å². The molecular weight excluding hydrogens is 246 g/mol. The number of nitrogens with zero attached hydrogens (tertiary/aromatic N) is 3. The lowest BCUT2D eigenvalue weighted by atomic mass is 9.96. The zero-order chi connectivity index (χ0) is 13.4. The Bertz CT molecular complexity index is 629. The number of ether oxygens (including phenoxy) is 1. The van der Waals surface area contributed by atoms with E-state index in [9.17, 15) is 9.90 Å². The van der Waals surface area contributed by atoms with E-state index in [-0.39, 0.29) is 5.69 Å². The van der Waals surface area contributed by atoms with Gasteiger partial charge in [-0.1, -0.05) is 0 Å². The molecule has 0 spiro atoms. The third kappa shape index (κ3) is 2.08. The number of carboxylic acid groups (broad SMARTS) is 1. The lowest BCUT2D eigenvalue weighted by molar-refractivity contribution is 0.0686. The van der Waals surface area contributed by atoms with E-state index < -0.39 is 5.97 Å². The van der Waals surface area contributed by atoms with E-state index in [1.54, 1.807) is 6.92 Å². The van der Waals surface area contributed by atoms with Crippen LogP contribution in [0.2, 0.25) is 0 Å². The summed E-state index contributed by atoms with van der Waals surface area (Å²) in [6.45, 7) is 3.16. The second kappa shape index (κ2) is 4.62. The van der Waals surface area contributed by atoms with Gasteiger partial charge in [0, 0.05) is 19.1 Å². The molecule has 0 aliphatic carbocycles. The Morgan fingerprint density at radius 1 is 1.42 bits per heavy atom. The van der Waals surface area contributed by atoms with Gasteiger partial charge < -0.3 is 9.84 Å². The SMILES string of the molecule is Cc1nc2ccc(C3CCOCC3)nn2c1C(=O)O. The summed E-state index contributed by atoms with van der Waals surface area (Å²) < 4.78 is 6.77. The molecule has 0 radical (unpaired) electrons. The van der Waals surface area contributed by atoms with E-state index >= 15 is 0 Å². The average molecular weight is 261 g/mol. The quantitative estimate of drug-likeness (QED) is 0.889. The van der Waals surface area contributed by atoms with Crippen LogP contribution in [0.1, 0.15) is 40.6 Å². The molecule has 0 unspecified atom stereocenters. The Balaban J connectivity index is 2.08. The summed E-state index contributed by atoms with van der Waals surface area (Å²) in [6.07, 6.45) is 1.85. The van der Waals surface area contributed by atoms with Gasteiger partial charge in [0.05, 0.1) is 11.4 Å². The zero-order valence-electron chi connectivity index (χ0n) is 10.7. The van der Waals surface area contributed by atoms with Crippen LogP contribution >= 0.6 is 0 Å². The Morgan fingerprint density at radius 3 is 2.84 bits per heavy atom. The van der Waals surface area contributed by atoms with Crippen LogP contribution in [0.25, 0.3) is 5.65 Å². The molecule has 0 aromatic carbocycles. The summed E-state index contributed by atoms with van der Waals surface area (Å²) >= 11 is 0. The summed E-state index contributed by atoms with van der Waals surface area (Å²) in [4.78, 5) is 15.5. The van der Waals surface area contributed by atoms with Crippen LogP contribution in [0.3, 0.4) is 0 Å². The average Bonchev–Trinajstić information content (AvgIpc) is 2.74. The molecule has 100 valence electrons. The minimum Gasteiger partial charge on any atom is -0.476 e. The van der Waals surface area contributed by atoms with Crippen LogP contribution in [0.5, 0.6) is 0 Å². The number of carboxylic acids is 1. The minimum absolute atomic E-state index is 0.143. The number of imidazole rings is 1. The van der Waals surface area contributed by atoms with Gasteiger partial charge in [-0.15, -0.1) is 0 Å². The van der Waals surface area contributed by atoms with Crippen molar-refractivity contribution in [3.8, 4) is 0 Å². The molecular formula is C13H15N3O3. The highest BCUT2D eigenvalue weighted by molar-refractivity contribution is 5.88. The fraction of sp³-hybridized carbons (Fsp3) is 0.462. The van der Waals surface area contributed by atoms with Crippen LogP contribution in [-0.4, -0.2) is 38.9 Å². The van der Waals surface area contributed by atoms with Crippen molar-refractivity contribution >= 4 is 11.6 Å². The first kappa shape index (κ1) is 12.1. The normalized spacial score (nSPS) is 16.9. The molecule has 1 N–H and O–H groups in total. The second-order valence-electron chi connectivity index (χ2n) is 4.77. The monoisotopic (exact) mass is 261 g/mol. The number of hydrogen-bond acceptors (Lipinski definition) is 4. The van der Waals surface area contributed by atoms with Crippen LogP contribution in [-0.2, 0) is 4.74 Å². The lowest BCUT2D eigenvalue weighted by Crippen LogP contribution is -2.17. The van der Waals surface area contributed by atoms with Gasteiger partial charge in [-0.05, 0) is 31.9 Å². The number of aromatic carboxylic acids is 1. The van der Waals surface area contributed by atoms with Gasteiger partial charge in [-0.2, -0.15) is 5.10 Å². The topological polar surface area (TPSA) is 76.7 Å². The van der Waals surface area contributed by atoms with Crippen molar-refractivity contribution in [2.24, 2.45) is 0 Å². The van der Waals surface area contributed by atoms with Gasteiger partial charge in [0.15, 0.2) is 11.3 Å². The molecule has 19 heavy (non-hydrogen) atoms. The van der Waals surface area contributed by atoms with Crippen molar-refractivity contribution in [1.82, 2.24) is 14.6 Å². The summed E-state index contributed by atoms with van der Waals surface area (Å²) in [5, 5.41) is 13.7. The molecule has 2 aromatic rings. The van der Waals surface area contributed by atoms with E-state index in [0.717, 1.165) is 31.7 Å². The number of carbonyl (C=O) groups is 1. The molecule has 1 fully saturated rings. The zero-order valence-corrected chi connectivity index (χ0v) is 10.7. The van der Waals surface area contributed by atoms with Gasteiger partial charge in [-0.25, -0.2) is 14.3 Å². The molecule has 0 bridgehead atoms. The number of hydrogen-bond donors (Lipinski definition) is 1. The molecule has 3 heterocycles. The number of aromatic nitrogens is 3. The van der Waals surface area contributed by atoms with Crippen LogP contribution in [0.4, 0.5) is 0 Å². The summed E-state index contributed by atoms with van der Waals surface area (Å²) in [7, 11) is 0. The van der Waals surface area contributed by atoms with Crippen LogP contribution < -0.4 is 0 Å². The Labute approximate surface area is 110 Å². The standard InChI is InChI=1S/C13H15N3O3/c1-8-12(13(17)18)16-11(14-8)3-2-10(15-16)9-4-6-19-7-5-9/h2-3,9H,4-7H2,1H3,(H,17,18). The van der Waals surface area contributed by atoms with E-state index in [4.69, 9.17) is 4.74 Å². The summed E-state index contributed by atoms with van der Waals surface area (Å²) in [5.41, 5.74) is 2.12. The van der Waals surface area contributed by atoms with Gasteiger partial charge in [0.25, 0.3) is 0 Å². The third-order valence-electron chi connectivity index (χ3n) is 3.51. The molecule has 1 aliphatic rings. The van der Waals surface area contributed by atoms with E-state index in [1.807, 2.05) is 12.1 Å². The predicted octanol–water partition coefficient (Wildman–Crippen LogP) is 1.63. The van der Waals surface area contributed by atoms with Gasteiger partial charge in [0.1, 0.15) is 0 Å². The highest BCUT2D eigenvalue weighted by Gasteiger charge is 2.21. The van der Waals surface area contributed by atoms with Crippen molar-refractivity contribution in [2.45, 2.75) is 25.7 Å². The number of fused-ring (bicyclic) bond motifs is 1. The maximum Gasteiger partial charge on any atom is 0.356 e. The Hall–Kier alpha value is -1.95. The van der Waals surface area contributed by atoms with Crippen molar-refractivity contribution in [3.63, 3.8) is 0 Å². The van der Waals surface area contributed by atoms with Crippen LogP contribution in [0, 0.1) is 6.92 Å². The maximum atomic E-state index is 11.3. The largest absolute Gasteiger partial charge is 0.476 e. The number of rotatable bonds is 2. The lowest BCUT2D eigenvalue weighted by Gasteiger charge is -2.21. The molecule has 1 aliphatic heterocycles. The highest BCUT2D eigenvalue weighted by Crippen LogP contribution is 2.25. The van der Waals surface area contributed by atoms with E-state index in [1.165, 1.54) is 4.52 Å². The molecule has 2 aromatic heterocycles. The third-order valence-corrected chi connectivity index (χ3v) is 3.51. The minimum atomic E-state index is -0.998. The smallest absolute Gasteiger partial charge is 0.356 e. The highest BCUT2D eigenvalue weighted by atomic mass is 16.5. The van der Waals surface area contributed by atoms with Crippen molar-refractivity contribution in [3.05, 3.63) is 29.2 Å². The molecule has 1 saturated heterocycles. The molecule has 0 amide bonds. The summed E-state index contributed by atoms with van der Waals surface area (Å²) in [6, 6.07) is 3.76. The van der Waals surface area contributed by atoms with E-state index in [2.05, 4.69) is 10.1 Å². The first-order valence-electron chi connectivity index (χ1n) is 6.34. The fourth-order valence-corrected chi connectivity index (χ4v) is 2.51. The predicted molar refractivity (Wildman–Crippen MR) is 67.5 cm³/mol. The van der Waals surface area contributed by atoms with Gasteiger partial charge >= 0.3 is 5.97 Å². The maximum absolute atomic E-state index is 11.3. The fourth-order valence-electron chi connectivity index (χ4n) is 2.51. The molecule has 6 nitrogen and oxygen atoms in total. The number of aryl methyl sites for hydroxylation is 1. The van der Waals surface area contributed by atoms with Crippen LogP contribution in [0.15, 0.2) is 12.1 Å². The molecule has 0 atom stereocenters. The van der Waals surface area contributed by atoms with E-state index in [0.29, 0.717) is 17.3 Å². The van der Waals surface area contributed by atoms with Crippen molar-refractivity contribution in [2.75, 3.05) is 13.2 Å².